The molecule has 0 heterocycles. The topological polar surface area (TPSA) is 53.2 Å². The van der Waals surface area contributed by atoms with Crippen LogP contribution in [-0.2, 0) is 4.74 Å². The maximum Gasteiger partial charge on any atom is 0.169 e. The van der Waals surface area contributed by atoms with Crippen molar-refractivity contribution in [2.45, 2.75) is 32.2 Å². The molecular formula is C12H14FNO2. The lowest BCUT2D eigenvalue weighted by Crippen LogP contribution is -2.24. The van der Waals surface area contributed by atoms with Gasteiger partial charge in [0.2, 0.25) is 0 Å². The number of hydrogen-bond donors (Lipinski definition) is 1. The molecule has 3 unspecified atom stereocenters. The number of ether oxygens (including phenoxy) is 1. The molecule has 3 nitrogen and oxygen atoms in total. The minimum atomic E-state index is -0.861. The predicted molar refractivity (Wildman–Crippen MR) is 57.0 cm³/mol. The van der Waals surface area contributed by atoms with Gasteiger partial charge in [0.15, 0.2) is 6.10 Å². The van der Waals surface area contributed by atoms with Crippen LogP contribution in [0.4, 0.5) is 4.39 Å². The largest absolute Gasteiger partial charge is 0.391 e. The first-order valence-corrected chi connectivity index (χ1v) is 5.03. The zero-order valence-corrected chi connectivity index (χ0v) is 9.22. The van der Waals surface area contributed by atoms with Crippen molar-refractivity contribution in [2.24, 2.45) is 0 Å². The predicted octanol–water partition coefficient (Wildman–Crippen LogP) is 2.18. The second kappa shape index (κ2) is 5.59. The van der Waals surface area contributed by atoms with E-state index in [0.29, 0.717) is 5.56 Å². The Hall–Kier alpha value is -1.44. The van der Waals surface area contributed by atoms with Crippen LogP contribution in [0.1, 0.15) is 25.5 Å². The third kappa shape index (κ3) is 3.30. The molecule has 0 aromatic heterocycles. The van der Waals surface area contributed by atoms with Gasteiger partial charge in [0.05, 0.1) is 18.3 Å². The monoisotopic (exact) mass is 223 g/mol. The summed E-state index contributed by atoms with van der Waals surface area (Å²) < 4.78 is 18.3. The first-order chi connectivity index (χ1) is 7.54. The summed E-state index contributed by atoms with van der Waals surface area (Å²) >= 11 is 0. The molecular weight excluding hydrogens is 209 g/mol. The van der Waals surface area contributed by atoms with Crippen LogP contribution in [0.2, 0.25) is 0 Å². The number of benzene rings is 1. The van der Waals surface area contributed by atoms with Crippen LogP contribution >= 0.6 is 0 Å². The molecule has 0 saturated heterocycles. The number of aliphatic hydroxyl groups is 1. The zero-order chi connectivity index (χ0) is 12.1. The van der Waals surface area contributed by atoms with Crippen LogP contribution in [0.5, 0.6) is 0 Å². The number of nitriles is 1. The molecule has 1 aromatic carbocycles. The summed E-state index contributed by atoms with van der Waals surface area (Å²) in [5.74, 6) is -0.411. The van der Waals surface area contributed by atoms with E-state index in [1.807, 2.05) is 6.07 Å². The zero-order valence-electron chi connectivity index (χ0n) is 9.22. The summed E-state index contributed by atoms with van der Waals surface area (Å²) in [5.41, 5.74) is 0.454. The molecule has 0 bridgehead atoms. The van der Waals surface area contributed by atoms with Gasteiger partial charge < -0.3 is 9.84 Å². The molecule has 0 aliphatic rings. The van der Waals surface area contributed by atoms with Crippen LogP contribution < -0.4 is 0 Å². The SMILES string of the molecule is CC(O)C(C)OC(C#N)c1cccc(F)c1. The highest BCUT2D eigenvalue weighted by Gasteiger charge is 2.18. The highest BCUT2D eigenvalue weighted by Crippen LogP contribution is 2.20. The quantitative estimate of drug-likeness (QED) is 0.851. The van der Waals surface area contributed by atoms with E-state index in [2.05, 4.69) is 0 Å². The molecule has 0 fully saturated rings. The molecule has 4 heteroatoms. The molecule has 0 aliphatic carbocycles. The summed E-state index contributed by atoms with van der Waals surface area (Å²) in [6.45, 7) is 3.24. The Labute approximate surface area is 94.1 Å². The van der Waals surface area contributed by atoms with Crippen molar-refractivity contribution >= 4 is 0 Å². The Morgan fingerprint density at radius 2 is 2.12 bits per heavy atom. The molecule has 1 rings (SSSR count). The Kier molecular flexibility index (Phi) is 4.41. The summed E-state index contributed by atoms with van der Waals surface area (Å²) in [7, 11) is 0. The average Bonchev–Trinajstić information content (AvgIpc) is 2.25. The van der Waals surface area contributed by atoms with Gasteiger partial charge >= 0.3 is 0 Å². The van der Waals surface area contributed by atoms with Crippen LogP contribution in [0.3, 0.4) is 0 Å². The van der Waals surface area contributed by atoms with E-state index >= 15 is 0 Å². The minimum Gasteiger partial charge on any atom is -0.391 e. The van der Waals surface area contributed by atoms with Crippen LogP contribution in [0.15, 0.2) is 24.3 Å². The number of nitrogens with zero attached hydrogens (tertiary/aromatic N) is 1. The molecule has 0 amide bonds. The first-order valence-electron chi connectivity index (χ1n) is 5.03. The van der Waals surface area contributed by atoms with E-state index < -0.39 is 24.1 Å². The van der Waals surface area contributed by atoms with Gasteiger partial charge in [0, 0.05) is 0 Å². The highest BCUT2D eigenvalue weighted by molar-refractivity contribution is 5.23. The summed E-state index contributed by atoms with van der Waals surface area (Å²) in [6, 6.07) is 7.62. The molecule has 0 saturated carbocycles. The van der Waals surface area contributed by atoms with Crippen molar-refractivity contribution in [3.05, 3.63) is 35.6 Å². The van der Waals surface area contributed by atoms with Crippen molar-refractivity contribution in [3.8, 4) is 6.07 Å². The van der Waals surface area contributed by atoms with Gasteiger partial charge in [0.25, 0.3) is 0 Å². The molecule has 0 aliphatic heterocycles. The highest BCUT2D eigenvalue weighted by atomic mass is 19.1. The number of aliphatic hydroxyl groups excluding tert-OH is 1. The van der Waals surface area contributed by atoms with Crippen molar-refractivity contribution in [1.82, 2.24) is 0 Å². The van der Waals surface area contributed by atoms with Gasteiger partial charge in [-0.1, -0.05) is 12.1 Å². The smallest absolute Gasteiger partial charge is 0.169 e. The van der Waals surface area contributed by atoms with Crippen LogP contribution in [0, 0.1) is 17.1 Å². The first kappa shape index (κ1) is 12.6. The molecule has 1 aromatic rings. The standard InChI is InChI=1S/C12H14FNO2/c1-8(15)9(2)16-12(7-14)10-4-3-5-11(13)6-10/h3-6,8-9,12,15H,1-2H3. The summed E-state index contributed by atoms with van der Waals surface area (Å²) in [5, 5.41) is 18.2. The molecule has 16 heavy (non-hydrogen) atoms. The Morgan fingerprint density at radius 3 is 2.62 bits per heavy atom. The third-order valence-electron chi connectivity index (χ3n) is 2.30. The van der Waals surface area contributed by atoms with Crippen molar-refractivity contribution in [3.63, 3.8) is 0 Å². The van der Waals surface area contributed by atoms with Crippen LogP contribution in [-0.4, -0.2) is 17.3 Å². The molecule has 0 spiro atoms. The third-order valence-corrected chi connectivity index (χ3v) is 2.30. The van der Waals surface area contributed by atoms with Crippen molar-refractivity contribution in [1.29, 1.82) is 5.26 Å². The number of rotatable bonds is 4. The van der Waals surface area contributed by atoms with E-state index in [-0.39, 0.29) is 0 Å². The second-order valence-electron chi connectivity index (χ2n) is 3.65. The van der Waals surface area contributed by atoms with E-state index in [4.69, 9.17) is 10.00 Å². The Bertz CT molecular complexity index is 387. The molecule has 1 N–H and O–H groups in total. The summed E-state index contributed by atoms with van der Waals surface area (Å²) in [6.07, 6.45) is -2.02. The fraction of sp³-hybridized carbons (Fsp3) is 0.417. The van der Waals surface area contributed by atoms with Crippen LogP contribution in [0.25, 0.3) is 0 Å². The number of hydrogen-bond acceptors (Lipinski definition) is 3. The van der Waals surface area contributed by atoms with Gasteiger partial charge in [-0.25, -0.2) is 4.39 Å². The Morgan fingerprint density at radius 1 is 1.44 bits per heavy atom. The minimum absolute atomic E-state index is 0.411. The molecule has 3 atom stereocenters. The van der Waals surface area contributed by atoms with Gasteiger partial charge in [-0.15, -0.1) is 0 Å². The molecule has 0 radical (unpaired) electrons. The number of halogens is 1. The average molecular weight is 223 g/mol. The lowest BCUT2D eigenvalue weighted by molar-refractivity contribution is -0.0426. The normalized spacial score (nSPS) is 16.2. The van der Waals surface area contributed by atoms with E-state index in [0.717, 1.165) is 0 Å². The van der Waals surface area contributed by atoms with E-state index in [1.54, 1.807) is 19.9 Å². The maximum atomic E-state index is 12.9. The van der Waals surface area contributed by atoms with Gasteiger partial charge in [-0.3, -0.25) is 0 Å². The fourth-order valence-corrected chi connectivity index (χ4v) is 1.18. The van der Waals surface area contributed by atoms with Gasteiger partial charge in [-0.05, 0) is 31.5 Å². The second-order valence-corrected chi connectivity index (χ2v) is 3.65. The van der Waals surface area contributed by atoms with Gasteiger partial charge in [-0.2, -0.15) is 5.26 Å². The lowest BCUT2D eigenvalue weighted by Gasteiger charge is -2.19. The molecule has 86 valence electrons. The Balaban J connectivity index is 2.80. The van der Waals surface area contributed by atoms with Crippen molar-refractivity contribution < 1.29 is 14.2 Å². The maximum absolute atomic E-state index is 12.9. The summed E-state index contributed by atoms with van der Waals surface area (Å²) in [4.78, 5) is 0. The van der Waals surface area contributed by atoms with E-state index in [9.17, 15) is 9.50 Å². The van der Waals surface area contributed by atoms with Crippen molar-refractivity contribution in [2.75, 3.05) is 0 Å². The van der Waals surface area contributed by atoms with E-state index in [1.165, 1.54) is 18.2 Å². The van der Waals surface area contributed by atoms with Gasteiger partial charge in [0.1, 0.15) is 5.82 Å². The lowest BCUT2D eigenvalue weighted by atomic mass is 10.1. The fourth-order valence-electron chi connectivity index (χ4n) is 1.18.